The summed E-state index contributed by atoms with van der Waals surface area (Å²) in [6, 6.07) is 15.2. The molecule has 0 saturated carbocycles. The fourth-order valence-electron chi connectivity index (χ4n) is 3.62. The number of carbonyl (C=O) groups is 1. The largest absolute Gasteiger partial charge is 0.335 e. The predicted molar refractivity (Wildman–Crippen MR) is 99.8 cm³/mol. The summed E-state index contributed by atoms with van der Waals surface area (Å²) < 4.78 is 0. The minimum Gasteiger partial charge on any atom is -0.335 e. The first-order chi connectivity index (χ1) is 11.6. The van der Waals surface area contributed by atoms with E-state index in [1.54, 1.807) is 0 Å². The molecule has 3 rings (SSSR count). The van der Waals surface area contributed by atoms with Gasteiger partial charge in [0.15, 0.2) is 0 Å². The molecular weight excluding hydrogens is 296 g/mol. The van der Waals surface area contributed by atoms with E-state index in [1.807, 2.05) is 0 Å². The van der Waals surface area contributed by atoms with Gasteiger partial charge in [0.25, 0.3) is 0 Å². The minimum atomic E-state index is 0.296. The average molecular weight is 324 g/mol. The van der Waals surface area contributed by atoms with E-state index >= 15 is 0 Å². The van der Waals surface area contributed by atoms with E-state index in [1.165, 1.54) is 16.3 Å². The number of fused-ring (bicyclic) bond motifs is 1. The molecule has 0 spiro atoms. The van der Waals surface area contributed by atoms with Crippen LogP contribution in [-0.4, -0.2) is 29.9 Å². The van der Waals surface area contributed by atoms with Crippen LogP contribution >= 0.6 is 0 Å². The van der Waals surface area contributed by atoms with E-state index in [-0.39, 0.29) is 0 Å². The number of carbonyl (C=O) groups excluding carboxylic acids is 1. The SMILES string of the molecule is CC(C)CC(=O)N(Cc1cccc2ccccc12)C1CCNCC1. The fraction of sp³-hybridized carbons (Fsp3) is 0.476. The molecule has 3 heteroatoms. The van der Waals surface area contributed by atoms with E-state index in [9.17, 15) is 4.79 Å². The first kappa shape index (κ1) is 17.0. The molecule has 1 fully saturated rings. The third-order valence-electron chi connectivity index (χ3n) is 4.87. The van der Waals surface area contributed by atoms with Gasteiger partial charge in [0.05, 0.1) is 0 Å². The second-order valence-corrected chi connectivity index (χ2v) is 7.24. The van der Waals surface area contributed by atoms with Crippen molar-refractivity contribution in [3.8, 4) is 0 Å². The lowest BCUT2D eigenvalue weighted by molar-refractivity contribution is -0.135. The second-order valence-electron chi connectivity index (χ2n) is 7.24. The lowest BCUT2D eigenvalue weighted by Gasteiger charge is -2.35. The van der Waals surface area contributed by atoms with Crippen molar-refractivity contribution in [3.63, 3.8) is 0 Å². The molecule has 2 aromatic carbocycles. The molecule has 1 N–H and O–H groups in total. The number of amides is 1. The Bertz CT molecular complexity index is 684. The molecule has 0 unspecified atom stereocenters. The smallest absolute Gasteiger partial charge is 0.223 e. The highest BCUT2D eigenvalue weighted by Crippen LogP contribution is 2.24. The van der Waals surface area contributed by atoms with Crippen molar-refractivity contribution in [2.75, 3.05) is 13.1 Å². The summed E-state index contributed by atoms with van der Waals surface area (Å²) in [5, 5.41) is 5.91. The summed E-state index contributed by atoms with van der Waals surface area (Å²) in [6.45, 7) is 6.97. The van der Waals surface area contributed by atoms with Crippen molar-refractivity contribution < 1.29 is 4.79 Å². The monoisotopic (exact) mass is 324 g/mol. The molecule has 0 atom stereocenters. The van der Waals surface area contributed by atoms with Gasteiger partial charge in [-0.05, 0) is 48.2 Å². The number of benzene rings is 2. The zero-order chi connectivity index (χ0) is 16.9. The molecule has 1 heterocycles. The van der Waals surface area contributed by atoms with Gasteiger partial charge in [-0.1, -0.05) is 56.3 Å². The molecule has 0 aromatic heterocycles. The summed E-state index contributed by atoms with van der Waals surface area (Å²) in [6.07, 6.45) is 2.73. The van der Waals surface area contributed by atoms with Crippen molar-refractivity contribution in [3.05, 3.63) is 48.0 Å². The standard InChI is InChI=1S/C21H28N2O/c1-16(2)14-21(24)23(19-10-12-22-13-11-19)15-18-8-5-7-17-6-3-4-9-20(17)18/h3-9,16,19,22H,10-15H2,1-2H3. The Morgan fingerprint density at radius 2 is 1.83 bits per heavy atom. The number of nitrogens with zero attached hydrogens (tertiary/aromatic N) is 1. The van der Waals surface area contributed by atoms with Crippen LogP contribution in [0.5, 0.6) is 0 Å². The van der Waals surface area contributed by atoms with Gasteiger partial charge in [-0.25, -0.2) is 0 Å². The van der Waals surface area contributed by atoms with Crippen molar-refractivity contribution >= 4 is 16.7 Å². The van der Waals surface area contributed by atoms with E-state index < -0.39 is 0 Å². The number of rotatable bonds is 5. The van der Waals surface area contributed by atoms with Gasteiger partial charge < -0.3 is 10.2 Å². The summed E-state index contributed by atoms with van der Waals surface area (Å²) in [5.41, 5.74) is 1.25. The number of nitrogens with one attached hydrogen (secondary N) is 1. The number of hydrogen-bond acceptors (Lipinski definition) is 2. The summed E-state index contributed by atoms with van der Waals surface area (Å²) in [4.78, 5) is 15.0. The van der Waals surface area contributed by atoms with Gasteiger partial charge in [0.1, 0.15) is 0 Å². The predicted octanol–water partition coefficient (Wildman–Crippen LogP) is 3.97. The summed E-state index contributed by atoms with van der Waals surface area (Å²) in [5.74, 6) is 0.694. The second kappa shape index (κ2) is 7.80. The number of piperidine rings is 1. The van der Waals surface area contributed by atoms with Crippen LogP contribution < -0.4 is 5.32 Å². The Balaban J connectivity index is 1.88. The molecule has 1 aliphatic rings. The molecule has 128 valence electrons. The average Bonchev–Trinajstić information content (AvgIpc) is 2.60. The Kier molecular flexibility index (Phi) is 5.52. The molecule has 3 nitrogen and oxygen atoms in total. The van der Waals surface area contributed by atoms with E-state index in [2.05, 4.69) is 66.5 Å². The normalized spacial score (nSPS) is 15.8. The molecule has 0 radical (unpaired) electrons. The lowest BCUT2D eigenvalue weighted by Crippen LogP contribution is -2.46. The molecule has 1 saturated heterocycles. The zero-order valence-corrected chi connectivity index (χ0v) is 14.8. The Hall–Kier alpha value is -1.87. The molecule has 2 aromatic rings. The van der Waals surface area contributed by atoms with Crippen LogP contribution in [0.25, 0.3) is 10.8 Å². The number of hydrogen-bond donors (Lipinski definition) is 1. The third-order valence-corrected chi connectivity index (χ3v) is 4.87. The fourth-order valence-corrected chi connectivity index (χ4v) is 3.62. The molecule has 24 heavy (non-hydrogen) atoms. The van der Waals surface area contributed by atoms with Crippen molar-refractivity contribution in [2.24, 2.45) is 5.92 Å². The van der Waals surface area contributed by atoms with E-state index in [4.69, 9.17) is 0 Å². The van der Waals surface area contributed by atoms with Gasteiger partial charge in [-0.3, -0.25) is 4.79 Å². The van der Waals surface area contributed by atoms with Gasteiger partial charge in [-0.15, -0.1) is 0 Å². The summed E-state index contributed by atoms with van der Waals surface area (Å²) >= 11 is 0. The Morgan fingerprint density at radius 3 is 2.58 bits per heavy atom. The quantitative estimate of drug-likeness (QED) is 0.902. The van der Waals surface area contributed by atoms with Crippen molar-refractivity contribution in [1.29, 1.82) is 0 Å². The topological polar surface area (TPSA) is 32.3 Å². The molecule has 1 amide bonds. The summed E-state index contributed by atoms with van der Waals surface area (Å²) in [7, 11) is 0. The lowest BCUT2D eigenvalue weighted by atomic mass is 9.99. The molecule has 0 aliphatic carbocycles. The highest BCUT2D eigenvalue weighted by Gasteiger charge is 2.26. The van der Waals surface area contributed by atoms with Gasteiger partial charge >= 0.3 is 0 Å². The maximum atomic E-state index is 12.9. The maximum Gasteiger partial charge on any atom is 0.223 e. The van der Waals surface area contributed by atoms with Gasteiger partial charge in [0.2, 0.25) is 5.91 Å². The minimum absolute atomic E-state index is 0.296. The van der Waals surface area contributed by atoms with E-state index in [0.717, 1.165) is 32.5 Å². The highest BCUT2D eigenvalue weighted by molar-refractivity contribution is 5.86. The van der Waals surface area contributed by atoms with Crippen LogP contribution in [-0.2, 0) is 11.3 Å². The molecular formula is C21H28N2O. The third kappa shape index (κ3) is 3.96. The van der Waals surface area contributed by atoms with Crippen LogP contribution in [0.1, 0.15) is 38.7 Å². The first-order valence-electron chi connectivity index (χ1n) is 9.12. The van der Waals surface area contributed by atoms with Crippen LogP contribution in [0.3, 0.4) is 0 Å². The Morgan fingerprint density at radius 1 is 1.12 bits per heavy atom. The van der Waals surface area contributed by atoms with Gasteiger partial charge in [0, 0.05) is 19.0 Å². The first-order valence-corrected chi connectivity index (χ1v) is 9.12. The van der Waals surface area contributed by atoms with Crippen LogP contribution in [0, 0.1) is 5.92 Å². The highest BCUT2D eigenvalue weighted by atomic mass is 16.2. The maximum absolute atomic E-state index is 12.9. The van der Waals surface area contributed by atoms with Crippen molar-refractivity contribution in [2.45, 2.75) is 45.7 Å². The molecule has 1 aliphatic heterocycles. The van der Waals surface area contributed by atoms with Gasteiger partial charge in [-0.2, -0.15) is 0 Å². The van der Waals surface area contributed by atoms with Crippen LogP contribution in [0.2, 0.25) is 0 Å². The van der Waals surface area contributed by atoms with Crippen LogP contribution in [0.4, 0.5) is 0 Å². The molecule has 0 bridgehead atoms. The Labute approximate surface area is 145 Å². The van der Waals surface area contributed by atoms with E-state index in [0.29, 0.717) is 24.3 Å². The van der Waals surface area contributed by atoms with Crippen molar-refractivity contribution in [1.82, 2.24) is 10.2 Å². The zero-order valence-electron chi connectivity index (χ0n) is 14.8. The van der Waals surface area contributed by atoms with Crippen LogP contribution in [0.15, 0.2) is 42.5 Å².